The summed E-state index contributed by atoms with van der Waals surface area (Å²) in [5, 5.41) is 0. The molecule has 1 saturated carbocycles. The van der Waals surface area contributed by atoms with Crippen LogP contribution in [0.15, 0.2) is 12.2 Å². The van der Waals surface area contributed by atoms with Crippen molar-refractivity contribution in [2.75, 3.05) is 13.7 Å². The third kappa shape index (κ3) is 7.02. The summed E-state index contributed by atoms with van der Waals surface area (Å²) in [5.41, 5.74) is 0. The normalized spacial score (nSPS) is 30.3. The number of ether oxygens (including phenoxy) is 4. The summed E-state index contributed by atoms with van der Waals surface area (Å²) in [5.74, 6) is -1.03. The van der Waals surface area contributed by atoms with Crippen molar-refractivity contribution in [3.05, 3.63) is 12.2 Å². The number of carbonyl (C=O) groups is 3. The molecule has 0 bridgehead atoms. The van der Waals surface area contributed by atoms with E-state index in [0.717, 1.165) is 32.0 Å². The molecule has 0 aromatic rings. The van der Waals surface area contributed by atoms with Crippen LogP contribution in [0.5, 0.6) is 0 Å². The van der Waals surface area contributed by atoms with Crippen molar-refractivity contribution in [3.63, 3.8) is 0 Å². The maximum absolute atomic E-state index is 11.8. The van der Waals surface area contributed by atoms with Crippen LogP contribution in [0.2, 0.25) is 0 Å². The average molecular weight is 396 g/mol. The van der Waals surface area contributed by atoms with E-state index >= 15 is 0 Å². The number of esters is 2. The number of hydrogen-bond donors (Lipinski definition) is 0. The summed E-state index contributed by atoms with van der Waals surface area (Å²) >= 11 is 0. The lowest BCUT2D eigenvalue weighted by atomic mass is 9.91. The van der Waals surface area contributed by atoms with Crippen molar-refractivity contribution in [1.82, 2.24) is 0 Å². The molecule has 0 unspecified atom stereocenters. The Morgan fingerprint density at radius 2 is 2.00 bits per heavy atom. The van der Waals surface area contributed by atoms with Crippen LogP contribution in [0.4, 0.5) is 0 Å². The Hall–Kier alpha value is -1.73. The van der Waals surface area contributed by atoms with Gasteiger partial charge in [-0.1, -0.05) is 12.2 Å². The SMILES string of the molecule is COC(=O)CCC/C=C\C[C@@H]1[C@@H](C=O)[C@H](O[C@@H]2CCCCO2)C[C@@H]1OC(C)=O. The van der Waals surface area contributed by atoms with Crippen molar-refractivity contribution < 1.29 is 33.3 Å². The van der Waals surface area contributed by atoms with Gasteiger partial charge in [-0.05, 0) is 38.5 Å². The highest BCUT2D eigenvalue weighted by Gasteiger charge is 2.46. The average Bonchev–Trinajstić information content (AvgIpc) is 3.00. The smallest absolute Gasteiger partial charge is 0.305 e. The summed E-state index contributed by atoms with van der Waals surface area (Å²) in [6.45, 7) is 2.06. The minimum atomic E-state index is -0.351. The van der Waals surface area contributed by atoms with Crippen LogP contribution in [0.1, 0.15) is 58.3 Å². The number of carbonyl (C=O) groups excluding carboxylic acids is 3. The van der Waals surface area contributed by atoms with Crippen molar-refractivity contribution in [2.45, 2.75) is 76.8 Å². The zero-order valence-electron chi connectivity index (χ0n) is 16.8. The van der Waals surface area contributed by atoms with Crippen molar-refractivity contribution in [2.24, 2.45) is 11.8 Å². The molecule has 0 spiro atoms. The molecule has 0 radical (unpaired) electrons. The second kappa shape index (κ2) is 12.0. The summed E-state index contributed by atoms with van der Waals surface area (Å²) in [6.07, 6.45) is 9.85. The fourth-order valence-corrected chi connectivity index (χ4v) is 3.93. The Bertz CT molecular complexity index is 539. The number of unbranched alkanes of at least 4 members (excludes halogenated alkanes) is 1. The Balaban J connectivity index is 1.91. The largest absolute Gasteiger partial charge is 0.469 e. The molecule has 7 heteroatoms. The first-order valence-corrected chi connectivity index (χ1v) is 10.2. The van der Waals surface area contributed by atoms with Gasteiger partial charge in [0.25, 0.3) is 0 Å². The zero-order chi connectivity index (χ0) is 20.4. The van der Waals surface area contributed by atoms with Gasteiger partial charge in [-0.15, -0.1) is 0 Å². The van der Waals surface area contributed by atoms with E-state index in [-0.39, 0.29) is 42.3 Å². The molecule has 0 aromatic heterocycles. The quantitative estimate of drug-likeness (QED) is 0.243. The molecule has 2 aliphatic rings. The number of aldehydes is 1. The Labute approximate surface area is 166 Å². The van der Waals surface area contributed by atoms with E-state index in [4.69, 9.17) is 14.2 Å². The maximum Gasteiger partial charge on any atom is 0.305 e. The first-order valence-electron chi connectivity index (χ1n) is 10.2. The Morgan fingerprint density at radius 1 is 1.18 bits per heavy atom. The molecule has 1 aliphatic carbocycles. The molecule has 0 N–H and O–H groups in total. The van der Waals surface area contributed by atoms with E-state index in [2.05, 4.69) is 4.74 Å². The van der Waals surface area contributed by atoms with Gasteiger partial charge in [0.1, 0.15) is 12.4 Å². The molecule has 0 aromatic carbocycles. The summed E-state index contributed by atoms with van der Waals surface area (Å²) in [4.78, 5) is 34.4. The first-order chi connectivity index (χ1) is 13.5. The van der Waals surface area contributed by atoms with Crippen molar-refractivity contribution >= 4 is 18.2 Å². The van der Waals surface area contributed by atoms with Crippen molar-refractivity contribution in [1.29, 1.82) is 0 Å². The van der Waals surface area contributed by atoms with Crippen molar-refractivity contribution in [3.8, 4) is 0 Å². The predicted octanol–water partition coefficient (Wildman–Crippen LogP) is 2.95. The van der Waals surface area contributed by atoms with E-state index in [1.807, 2.05) is 12.2 Å². The summed E-state index contributed by atoms with van der Waals surface area (Å²) in [7, 11) is 1.38. The van der Waals surface area contributed by atoms with Gasteiger partial charge in [0.2, 0.25) is 0 Å². The van der Waals surface area contributed by atoms with Gasteiger partial charge >= 0.3 is 11.9 Å². The highest BCUT2D eigenvalue weighted by atomic mass is 16.7. The van der Waals surface area contributed by atoms with E-state index < -0.39 is 0 Å². The number of hydrogen-bond acceptors (Lipinski definition) is 7. The van der Waals surface area contributed by atoms with Gasteiger partial charge in [-0.2, -0.15) is 0 Å². The van der Waals surface area contributed by atoms with Crippen LogP contribution in [-0.2, 0) is 33.3 Å². The maximum atomic E-state index is 11.8. The predicted molar refractivity (Wildman–Crippen MR) is 101 cm³/mol. The number of methoxy groups -OCH3 is 1. The number of allylic oxidation sites excluding steroid dienone is 2. The fraction of sp³-hybridized carbons (Fsp3) is 0.762. The van der Waals surface area contributed by atoms with Gasteiger partial charge in [-0.3, -0.25) is 9.59 Å². The van der Waals surface area contributed by atoms with Crippen LogP contribution >= 0.6 is 0 Å². The molecule has 1 saturated heterocycles. The van der Waals surface area contributed by atoms with Gasteiger partial charge < -0.3 is 23.7 Å². The lowest BCUT2D eigenvalue weighted by Gasteiger charge is -2.27. The van der Waals surface area contributed by atoms with Crippen LogP contribution < -0.4 is 0 Å². The highest BCUT2D eigenvalue weighted by Crippen LogP contribution is 2.39. The van der Waals surface area contributed by atoms with Gasteiger partial charge in [0.05, 0.1) is 13.2 Å². The molecule has 5 atom stereocenters. The molecular formula is C21H32O7. The van der Waals surface area contributed by atoms with E-state index in [9.17, 15) is 14.4 Å². The van der Waals surface area contributed by atoms with Gasteiger partial charge in [-0.25, -0.2) is 0 Å². The van der Waals surface area contributed by atoms with E-state index in [0.29, 0.717) is 32.3 Å². The fourth-order valence-electron chi connectivity index (χ4n) is 3.93. The summed E-state index contributed by atoms with van der Waals surface area (Å²) in [6, 6.07) is 0. The van der Waals surface area contributed by atoms with Crippen LogP contribution in [-0.4, -0.2) is 50.4 Å². The molecule has 1 heterocycles. The Morgan fingerprint density at radius 3 is 2.64 bits per heavy atom. The molecule has 0 amide bonds. The third-order valence-electron chi connectivity index (χ3n) is 5.36. The molecule has 28 heavy (non-hydrogen) atoms. The van der Waals surface area contributed by atoms with Crippen LogP contribution in [0, 0.1) is 11.8 Å². The van der Waals surface area contributed by atoms with E-state index in [1.54, 1.807) is 0 Å². The molecule has 2 fully saturated rings. The first kappa shape index (κ1) is 22.6. The van der Waals surface area contributed by atoms with E-state index in [1.165, 1.54) is 14.0 Å². The number of rotatable bonds is 10. The Kier molecular flexibility index (Phi) is 9.64. The molecule has 7 nitrogen and oxygen atoms in total. The zero-order valence-corrected chi connectivity index (χ0v) is 16.8. The molecular weight excluding hydrogens is 364 g/mol. The monoisotopic (exact) mass is 396 g/mol. The minimum absolute atomic E-state index is 0.119. The highest BCUT2D eigenvalue weighted by molar-refractivity contribution is 5.69. The van der Waals surface area contributed by atoms with Crippen LogP contribution in [0.25, 0.3) is 0 Å². The molecule has 2 rings (SSSR count). The molecule has 1 aliphatic heterocycles. The lowest BCUT2D eigenvalue weighted by Crippen LogP contribution is -2.32. The van der Waals surface area contributed by atoms with Gasteiger partial charge in [0, 0.05) is 38.2 Å². The lowest BCUT2D eigenvalue weighted by molar-refractivity contribution is -0.195. The summed E-state index contributed by atoms with van der Waals surface area (Å²) < 4.78 is 21.8. The second-order valence-corrected chi connectivity index (χ2v) is 7.41. The second-order valence-electron chi connectivity index (χ2n) is 7.41. The minimum Gasteiger partial charge on any atom is -0.469 e. The van der Waals surface area contributed by atoms with Crippen LogP contribution in [0.3, 0.4) is 0 Å². The third-order valence-corrected chi connectivity index (χ3v) is 5.36. The molecule has 158 valence electrons. The van der Waals surface area contributed by atoms with Gasteiger partial charge in [0.15, 0.2) is 6.29 Å². The topological polar surface area (TPSA) is 88.1 Å². The standard InChI is InChI=1S/C21H32O7/c1-15(23)27-18-13-19(28-21-11-7-8-12-26-21)17(14-22)16(18)9-5-3-4-6-10-20(24)25-2/h3,5,14,16-19,21H,4,6-13H2,1-2H3/b5-3-/t16-,17-,18+,19-,21-/m1/s1.